The van der Waals surface area contributed by atoms with Crippen molar-refractivity contribution in [2.75, 3.05) is 10.8 Å². The molecule has 1 aliphatic heterocycles. The van der Waals surface area contributed by atoms with Crippen LogP contribution in [0.2, 0.25) is 0 Å². The molecule has 0 saturated heterocycles. The van der Waals surface area contributed by atoms with Crippen molar-refractivity contribution in [1.82, 2.24) is 0 Å². The first-order valence-electron chi connectivity index (χ1n) is 7.71. The van der Waals surface area contributed by atoms with Crippen LogP contribution in [0.5, 0.6) is 0 Å². The van der Waals surface area contributed by atoms with Crippen molar-refractivity contribution < 1.29 is 13.2 Å². The quantitative estimate of drug-likeness (QED) is 0.718. The molecule has 0 N–H and O–H groups in total. The summed E-state index contributed by atoms with van der Waals surface area (Å²) in [7, 11) is -3.71. The average molecular weight is 337 g/mol. The van der Waals surface area contributed by atoms with Crippen molar-refractivity contribution in [3.63, 3.8) is 0 Å². The smallest absolute Gasteiger partial charge is 0.264 e. The van der Waals surface area contributed by atoms with Crippen molar-refractivity contribution in [3.05, 3.63) is 72.3 Å². The van der Waals surface area contributed by atoms with Gasteiger partial charge in [0.05, 0.1) is 10.6 Å². The van der Waals surface area contributed by atoms with Gasteiger partial charge in [0.25, 0.3) is 10.0 Å². The van der Waals surface area contributed by atoms with Gasteiger partial charge in [-0.05, 0) is 35.0 Å². The number of fused-ring (bicyclic) bond motifs is 2. The van der Waals surface area contributed by atoms with E-state index in [1.54, 1.807) is 36.4 Å². The third-order valence-corrected chi connectivity index (χ3v) is 6.13. The Balaban J connectivity index is 1.85. The number of nitrogens with zero attached hydrogens (tertiary/aromatic N) is 1. The molecule has 0 spiro atoms. The largest absolute Gasteiger partial charge is 0.294 e. The predicted octanol–water partition coefficient (Wildman–Crippen LogP) is 3.62. The Morgan fingerprint density at radius 3 is 2.38 bits per heavy atom. The topological polar surface area (TPSA) is 54.5 Å². The molecule has 24 heavy (non-hydrogen) atoms. The van der Waals surface area contributed by atoms with Gasteiger partial charge in [-0.1, -0.05) is 42.5 Å². The highest BCUT2D eigenvalue weighted by atomic mass is 32.2. The summed E-state index contributed by atoms with van der Waals surface area (Å²) in [6, 6.07) is 19.6. The van der Waals surface area contributed by atoms with Crippen LogP contribution in [-0.2, 0) is 10.0 Å². The summed E-state index contributed by atoms with van der Waals surface area (Å²) < 4.78 is 27.6. The van der Waals surface area contributed by atoms with E-state index in [4.69, 9.17) is 0 Å². The number of anilines is 1. The molecule has 0 fully saturated rings. The maximum absolute atomic E-state index is 13.1. The van der Waals surface area contributed by atoms with Crippen LogP contribution < -0.4 is 4.31 Å². The molecule has 3 aromatic rings. The molecule has 120 valence electrons. The van der Waals surface area contributed by atoms with Gasteiger partial charge in [0.2, 0.25) is 0 Å². The molecular formula is C19H15NO3S. The van der Waals surface area contributed by atoms with E-state index in [1.807, 2.05) is 30.3 Å². The minimum absolute atomic E-state index is 0.0180. The molecule has 0 radical (unpaired) electrons. The van der Waals surface area contributed by atoms with E-state index in [0.717, 1.165) is 10.8 Å². The van der Waals surface area contributed by atoms with Gasteiger partial charge in [-0.25, -0.2) is 8.42 Å². The molecule has 1 heterocycles. The molecule has 0 amide bonds. The predicted molar refractivity (Wildman–Crippen MR) is 93.9 cm³/mol. The fourth-order valence-corrected chi connectivity index (χ4v) is 4.61. The number of carbonyl (C=O) groups is 1. The second kappa shape index (κ2) is 5.46. The summed E-state index contributed by atoms with van der Waals surface area (Å²) in [4.78, 5) is 12.3. The van der Waals surface area contributed by atoms with Crippen molar-refractivity contribution >= 4 is 32.3 Å². The second-order valence-electron chi connectivity index (χ2n) is 5.78. The van der Waals surface area contributed by atoms with E-state index >= 15 is 0 Å². The highest BCUT2D eigenvalue weighted by Gasteiger charge is 2.32. The number of carbonyl (C=O) groups excluding carboxylic acids is 1. The number of ketones is 1. The molecule has 1 aliphatic rings. The normalized spacial score (nSPS) is 14.7. The fraction of sp³-hybridized carbons (Fsp3) is 0.105. The van der Waals surface area contributed by atoms with Crippen LogP contribution in [-0.4, -0.2) is 20.7 Å². The van der Waals surface area contributed by atoms with Crippen molar-refractivity contribution in [2.45, 2.75) is 11.3 Å². The van der Waals surface area contributed by atoms with Gasteiger partial charge in [-0.2, -0.15) is 0 Å². The lowest BCUT2D eigenvalue weighted by Crippen LogP contribution is -2.37. The molecule has 4 rings (SSSR count). The van der Waals surface area contributed by atoms with Gasteiger partial charge in [-0.15, -0.1) is 0 Å². The molecule has 0 unspecified atom stereocenters. The fourth-order valence-electron chi connectivity index (χ4n) is 3.09. The first kappa shape index (κ1) is 14.9. The number of hydrogen-bond acceptors (Lipinski definition) is 3. The van der Waals surface area contributed by atoms with E-state index in [1.165, 1.54) is 4.31 Å². The lowest BCUT2D eigenvalue weighted by atomic mass is 10.0. The third-order valence-electron chi connectivity index (χ3n) is 4.32. The number of benzene rings is 3. The Morgan fingerprint density at radius 2 is 1.54 bits per heavy atom. The zero-order valence-electron chi connectivity index (χ0n) is 12.8. The monoisotopic (exact) mass is 337 g/mol. The van der Waals surface area contributed by atoms with Crippen molar-refractivity contribution in [2.24, 2.45) is 0 Å². The van der Waals surface area contributed by atoms with Crippen LogP contribution in [0.4, 0.5) is 5.69 Å². The van der Waals surface area contributed by atoms with Crippen LogP contribution in [0.3, 0.4) is 0 Å². The van der Waals surface area contributed by atoms with Crippen molar-refractivity contribution in [1.29, 1.82) is 0 Å². The average Bonchev–Trinajstić information content (AvgIpc) is 2.61. The minimum atomic E-state index is -3.71. The number of para-hydroxylation sites is 1. The van der Waals surface area contributed by atoms with Gasteiger partial charge < -0.3 is 0 Å². The molecule has 4 nitrogen and oxygen atoms in total. The van der Waals surface area contributed by atoms with Gasteiger partial charge in [0, 0.05) is 18.5 Å². The zero-order chi connectivity index (χ0) is 16.7. The van der Waals surface area contributed by atoms with Crippen LogP contribution in [0.25, 0.3) is 10.8 Å². The first-order valence-corrected chi connectivity index (χ1v) is 9.15. The number of sulfonamides is 1. The van der Waals surface area contributed by atoms with Crippen molar-refractivity contribution in [3.8, 4) is 0 Å². The van der Waals surface area contributed by atoms with Gasteiger partial charge in [-0.3, -0.25) is 9.10 Å². The molecule has 0 saturated carbocycles. The highest BCUT2D eigenvalue weighted by Crippen LogP contribution is 2.32. The molecule has 0 bridgehead atoms. The van der Waals surface area contributed by atoms with Gasteiger partial charge in [0.15, 0.2) is 5.78 Å². The third kappa shape index (κ3) is 2.29. The number of hydrogen-bond donors (Lipinski definition) is 0. The molecule has 0 atom stereocenters. The standard InChI is InChI=1S/C19H15NO3S/c21-19-11-12-20(18-8-4-3-7-17(18)19)24(22,23)16-10-9-14-5-1-2-6-15(14)13-16/h1-10,13H,11-12H2. The summed E-state index contributed by atoms with van der Waals surface area (Å²) in [5.74, 6) is -0.0180. The highest BCUT2D eigenvalue weighted by molar-refractivity contribution is 7.92. The SMILES string of the molecule is O=C1CCN(S(=O)(=O)c2ccc3ccccc3c2)c2ccccc21. The lowest BCUT2D eigenvalue weighted by Gasteiger charge is -2.29. The summed E-state index contributed by atoms with van der Waals surface area (Å²) in [5, 5.41) is 1.87. The number of rotatable bonds is 2. The summed E-state index contributed by atoms with van der Waals surface area (Å²) in [5.41, 5.74) is 0.926. The Morgan fingerprint density at radius 1 is 0.833 bits per heavy atom. The van der Waals surface area contributed by atoms with Crippen LogP contribution in [0.15, 0.2) is 71.6 Å². The zero-order valence-corrected chi connectivity index (χ0v) is 13.7. The van der Waals surface area contributed by atoms with Gasteiger partial charge in [0.1, 0.15) is 0 Å². The minimum Gasteiger partial charge on any atom is -0.294 e. The molecule has 3 aromatic carbocycles. The molecule has 0 aromatic heterocycles. The van der Waals surface area contributed by atoms with Crippen LogP contribution >= 0.6 is 0 Å². The van der Waals surface area contributed by atoms with Gasteiger partial charge >= 0.3 is 0 Å². The Labute approximate surface area is 140 Å². The summed E-state index contributed by atoms with van der Waals surface area (Å²) in [6.45, 7) is 0.172. The van der Waals surface area contributed by atoms with Crippen LogP contribution in [0, 0.1) is 0 Å². The molecular weight excluding hydrogens is 322 g/mol. The van der Waals surface area contributed by atoms with E-state index in [2.05, 4.69) is 0 Å². The van der Waals surface area contributed by atoms with E-state index in [0.29, 0.717) is 11.3 Å². The first-order chi connectivity index (χ1) is 11.6. The molecule has 5 heteroatoms. The summed E-state index contributed by atoms with van der Waals surface area (Å²) >= 11 is 0. The van der Waals surface area contributed by atoms with E-state index < -0.39 is 10.0 Å². The molecule has 0 aliphatic carbocycles. The Bertz CT molecular complexity index is 1060. The van der Waals surface area contributed by atoms with E-state index in [-0.39, 0.29) is 23.6 Å². The maximum Gasteiger partial charge on any atom is 0.264 e. The Kier molecular flexibility index (Phi) is 3.39. The summed E-state index contributed by atoms with van der Waals surface area (Å²) in [6.07, 6.45) is 0.198. The lowest BCUT2D eigenvalue weighted by molar-refractivity contribution is 0.0982. The number of Topliss-reactive ketones (excluding diaryl/α,β-unsaturated/α-hetero) is 1. The maximum atomic E-state index is 13.1. The Hall–Kier alpha value is -2.66. The van der Waals surface area contributed by atoms with Crippen LogP contribution in [0.1, 0.15) is 16.8 Å². The van der Waals surface area contributed by atoms with E-state index in [9.17, 15) is 13.2 Å². The second-order valence-corrected chi connectivity index (χ2v) is 7.64.